The Balaban J connectivity index is 1.50. The molecule has 2 fully saturated rings. The number of halogens is 2. The van der Waals surface area contributed by atoms with E-state index in [1.807, 2.05) is 48.5 Å². The van der Waals surface area contributed by atoms with Gasteiger partial charge in [-0.25, -0.2) is 9.96 Å². The molecular formula is C27H19Cl2N3O4S. The van der Waals surface area contributed by atoms with Crippen LogP contribution in [0, 0.1) is 12.8 Å². The van der Waals surface area contributed by atoms with Crippen LogP contribution in [-0.2, 0) is 14.4 Å². The summed E-state index contributed by atoms with van der Waals surface area (Å²) in [5.74, 6) is -1.85. The second-order valence-electron chi connectivity index (χ2n) is 8.75. The molecule has 0 saturated carbocycles. The molecule has 0 bridgehead atoms. The van der Waals surface area contributed by atoms with Crippen molar-refractivity contribution in [3.63, 3.8) is 0 Å². The summed E-state index contributed by atoms with van der Waals surface area (Å²) in [5.41, 5.74) is 2.26. The zero-order valence-electron chi connectivity index (χ0n) is 19.4. The zero-order valence-corrected chi connectivity index (χ0v) is 21.7. The fraction of sp³-hybridized carbons (Fsp3) is 0.148. The average molecular weight is 552 g/mol. The maximum Gasteiger partial charge on any atom is 0.313 e. The minimum atomic E-state index is -1.09. The van der Waals surface area contributed by atoms with Crippen LogP contribution in [0.15, 0.2) is 83.7 Å². The van der Waals surface area contributed by atoms with Gasteiger partial charge in [-0.3, -0.25) is 23.8 Å². The van der Waals surface area contributed by atoms with Crippen molar-refractivity contribution in [1.82, 2.24) is 4.57 Å². The van der Waals surface area contributed by atoms with Gasteiger partial charge in [-0.2, -0.15) is 0 Å². The van der Waals surface area contributed by atoms with Gasteiger partial charge in [-0.15, -0.1) is 0 Å². The number of hydrogen-bond donors (Lipinski definition) is 0. The lowest BCUT2D eigenvalue weighted by Gasteiger charge is -2.28. The van der Waals surface area contributed by atoms with Crippen molar-refractivity contribution in [1.29, 1.82) is 0 Å². The van der Waals surface area contributed by atoms with Gasteiger partial charge in [0.25, 0.3) is 5.91 Å². The molecule has 3 aromatic carbocycles. The number of para-hydroxylation sites is 2. The summed E-state index contributed by atoms with van der Waals surface area (Å²) >= 11 is 14.1. The topological polar surface area (TPSA) is 71.8 Å². The first-order valence-electron chi connectivity index (χ1n) is 11.5. The molecule has 2 aliphatic rings. The molecule has 2 amide bonds. The molecule has 0 unspecified atom stereocenters. The van der Waals surface area contributed by atoms with Gasteiger partial charge in [0.1, 0.15) is 17.1 Å². The molecule has 3 atom stereocenters. The third-order valence-electron chi connectivity index (χ3n) is 6.67. The monoisotopic (exact) mass is 551 g/mol. The Hall–Kier alpha value is -3.43. The van der Waals surface area contributed by atoms with E-state index in [1.54, 1.807) is 37.3 Å². The number of hydrogen-bond acceptors (Lipinski definition) is 6. The van der Waals surface area contributed by atoms with Crippen molar-refractivity contribution in [3.8, 4) is 5.69 Å². The first-order valence-corrected chi connectivity index (χ1v) is 13.1. The molecule has 4 aromatic rings. The standard InChI is InChI=1S/C27H19Cl2N3O4S/c1-15-18(28)13-8-14-19(15)31-25(33)20-21(32(36-22(20)26(31)34)17-11-6-3-7-12-17)23-24(29)30(27(35)37-23)16-9-4-2-5-10-16/h2-14,20-22H,1H3/t20-,21+,22+/m0/s1. The van der Waals surface area contributed by atoms with Gasteiger partial charge in [-0.05, 0) is 48.9 Å². The minimum absolute atomic E-state index is 0.175. The van der Waals surface area contributed by atoms with Gasteiger partial charge in [0.15, 0.2) is 6.10 Å². The van der Waals surface area contributed by atoms with Crippen LogP contribution in [0.25, 0.3) is 5.69 Å². The Kier molecular flexibility index (Phi) is 5.92. The van der Waals surface area contributed by atoms with E-state index < -0.39 is 29.9 Å². The van der Waals surface area contributed by atoms with Crippen molar-refractivity contribution in [3.05, 3.63) is 109 Å². The highest BCUT2D eigenvalue weighted by atomic mass is 35.5. The van der Waals surface area contributed by atoms with Crippen molar-refractivity contribution in [2.45, 2.75) is 19.1 Å². The molecule has 186 valence electrons. The molecule has 2 aliphatic heterocycles. The predicted octanol–water partition coefficient (Wildman–Crippen LogP) is 5.57. The van der Waals surface area contributed by atoms with E-state index in [2.05, 4.69) is 0 Å². The fourth-order valence-electron chi connectivity index (χ4n) is 4.91. The highest BCUT2D eigenvalue weighted by Crippen LogP contribution is 2.50. The number of nitrogens with zero attached hydrogens (tertiary/aromatic N) is 3. The first kappa shape index (κ1) is 23.9. The van der Waals surface area contributed by atoms with Gasteiger partial charge in [0.05, 0.1) is 21.9 Å². The molecule has 37 heavy (non-hydrogen) atoms. The van der Waals surface area contributed by atoms with E-state index >= 15 is 0 Å². The highest BCUT2D eigenvalue weighted by molar-refractivity contribution is 7.10. The van der Waals surface area contributed by atoms with Crippen LogP contribution in [0.4, 0.5) is 11.4 Å². The quantitative estimate of drug-likeness (QED) is 0.310. The van der Waals surface area contributed by atoms with Gasteiger partial charge in [0, 0.05) is 5.02 Å². The predicted molar refractivity (Wildman–Crippen MR) is 144 cm³/mol. The number of benzene rings is 3. The lowest BCUT2D eigenvalue weighted by molar-refractivity contribution is -0.126. The lowest BCUT2D eigenvalue weighted by Crippen LogP contribution is -2.37. The summed E-state index contributed by atoms with van der Waals surface area (Å²) in [7, 11) is 0. The number of fused-ring (bicyclic) bond motifs is 1. The van der Waals surface area contributed by atoms with Crippen molar-refractivity contribution in [2.75, 3.05) is 9.96 Å². The number of carbonyl (C=O) groups excluding carboxylic acids is 2. The number of hydroxylamine groups is 1. The van der Waals surface area contributed by atoms with Crippen LogP contribution in [-0.4, -0.2) is 22.5 Å². The molecule has 0 spiro atoms. The molecule has 7 nitrogen and oxygen atoms in total. The summed E-state index contributed by atoms with van der Waals surface area (Å²) in [6.07, 6.45) is -1.09. The largest absolute Gasteiger partial charge is 0.313 e. The number of aromatic nitrogens is 1. The number of imide groups is 1. The van der Waals surface area contributed by atoms with E-state index in [4.69, 9.17) is 28.0 Å². The Morgan fingerprint density at radius 1 is 0.811 bits per heavy atom. The second kappa shape index (κ2) is 9.15. The van der Waals surface area contributed by atoms with Crippen LogP contribution in [0.3, 0.4) is 0 Å². The van der Waals surface area contributed by atoms with E-state index in [-0.39, 0.29) is 10.0 Å². The zero-order chi connectivity index (χ0) is 25.8. The number of amides is 2. The number of thiazole rings is 1. The Bertz CT molecular complexity index is 1590. The normalized spacial score (nSPS) is 21.1. The maximum atomic E-state index is 13.9. The molecule has 0 aliphatic carbocycles. The SMILES string of the molecule is Cc1c(Cl)cccc1N1C(=O)[C@@H]2[C@@H](ON(c3ccccc3)[C@H]2c2sc(=O)n(-c3ccccc3)c2Cl)C1=O. The molecule has 3 heterocycles. The van der Waals surface area contributed by atoms with Crippen LogP contribution in [0.1, 0.15) is 16.5 Å². The molecule has 1 aromatic heterocycles. The summed E-state index contributed by atoms with van der Waals surface area (Å²) in [6, 6.07) is 22.4. The third kappa shape index (κ3) is 3.71. The molecule has 0 radical (unpaired) electrons. The molecule has 0 N–H and O–H groups in total. The van der Waals surface area contributed by atoms with Gasteiger partial charge in [0.2, 0.25) is 5.91 Å². The Morgan fingerprint density at radius 2 is 1.46 bits per heavy atom. The van der Waals surface area contributed by atoms with Crippen LogP contribution < -0.4 is 14.8 Å². The summed E-state index contributed by atoms with van der Waals surface area (Å²) in [4.78, 5) is 48.1. The number of anilines is 2. The smallest absolute Gasteiger partial charge is 0.273 e. The number of carbonyl (C=O) groups is 2. The van der Waals surface area contributed by atoms with Crippen molar-refractivity contribution >= 4 is 57.7 Å². The Labute approximate surface area is 226 Å². The maximum absolute atomic E-state index is 13.9. The lowest BCUT2D eigenvalue weighted by atomic mass is 9.95. The molecule has 6 rings (SSSR count). The van der Waals surface area contributed by atoms with E-state index in [9.17, 15) is 14.4 Å². The minimum Gasteiger partial charge on any atom is -0.273 e. The van der Waals surface area contributed by atoms with Crippen molar-refractivity contribution in [2.24, 2.45) is 5.92 Å². The van der Waals surface area contributed by atoms with Gasteiger partial charge >= 0.3 is 4.87 Å². The van der Waals surface area contributed by atoms with Gasteiger partial charge in [-0.1, -0.05) is 77.0 Å². The number of rotatable bonds is 4. The fourth-order valence-corrected chi connectivity index (χ4v) is 6.54. The summed E-state index contributed by atoms with van der Waals surface area (Å²) in [5, 5.41) is 2.15. The molecule has 2 saturated heterocycles. The Morgan fingerprint density at radius 3 is 2.14 bits per heavy atom. The van der Waals surface area contributed by atoms with E-state index in [1.165, 1.54) is 9.63 Å². The summed E-state index contributed by atoms with van der Waals surface area (Å²) in [6.45, 7) is 1.75. The average Bonchev–Trinajstić information content (AvgIpc) is 3.51. The van der Waals surface area contributed by atoms with Gasteiger partial charge < -0.3 is 0 Å². The molecule has 10 heteroatoms. The van der Waals surface area contributed by atoms with Crippen LogP contribution >= 0.6 is 34.5 Å². The third-order valence-corrected chi connectivity index (χ3v) is 8.57. The first-order chi connectivity index (χ1) is 17.9. The molecular weight excluding hydrogens is 533 g/mol. The highest BCUT2D eigenvalue weighted by Gasteiger charge is 2.61. The van der Waals surface area contributed by atoms with Crippen LogP contribution in [0.2, 0.25) is 10.2 Å². The van der Waals surface area contributed by atoms with Crippen molar-refractivity contribution < 1.29 is 14.4 Å². The summed E-state index contributed by atoms with van der Waals surface area (Å²) < 4.78 is 1.40. The van der Waals surface area contributed by atoms with E-state index in [0.717, 1.165) is 16.2 Å². The van der Waals surface area contributed by atoms with E-state index in [0.29, 0.717) is 32.5 Å². The second-order valence-corrected chi connectivity index (χ2v) is 10.5. The van der Waals surface area contributed by atoms with Crippen LogP contribution in [0.5, 0.6) is 0 Å².